The summed E-state index contributed by atoms with van der Waals surface area (Å²) in [7, 11) is 0.855. The molecule has 2 aromatic carbocycles. The van der Waals surface area contributed by atoms with Crippen LogP contribution in [-0.4, -0.2) is 106 Å². The number of carbonyl (C=O) groups excluding carboxylic acids is 1. The zero-order chi connectivity index (χ0) is 38.8. The molecule has 8 atom stereocenters. The Balaban J connectivity index is 1.63. The maximum Gasteiger partial charge on any atom is 0.303 e. The Labute approximate surface area is 326 Å². The third-order valence-corrected chi connectivity index (χ3v) is 14.6. The first-order valence-electron chi connectivity index (χ1n) is 17.5. The van der Waals surface area contributed by atoms with E-state index in [1.807, 2.05) is 48.5 Å². The summed E-state index contributed by atoms with van der Waals surface area (Å²) in [6, 6.07) is 17.2. The van der Waals surface area contributed by atoms with Crippen LogP contribution in [0.25, 0.3) is 0 Å². The molecule has 2 fully saturated rings. The van der Waals surface area contributed by atoms with Crippen LogP contribution in [0.4, 0.5) is 0 Å². The first-order valence-corrected chi connectivity index (χ1v) is 21.2. The van der Waals surface area contributed by atoms with Gasteiger partial charge in [-0.25, -0.2) is 0 Å². The van der Waals surface area contributed by atoms with Crippen molar-refractivity contribution in [3.63, 3.8) is 0 Å². The summed E-state index contributed by atoms with van der Waals surface area (Å²) < 4.78 is 57.7. The molecule has 0 aliphatic carbocycles. The lowest BCUT2D eigenvalue weighted by molar-refractivity contribution is -0.334. The number of ether oxygens (including phenoxy) is 9. The van der Waals surface area contributed by atoms with E-state index in [1.54, 1.807) is 14.2 Å². The first-order chi connectivity index (χ1) is 25.3. The topological polar surface area (TPSA) is 153 Å². The van der Waals surface area contributed by atoms with Gasteiger partial charge in [0.25, 0.3) is 3.79 Å². The molecule has 2 aliphatic heterocycles. The fourth-order valence-corrected chi connectivity index (χ4v) is 9.13. The molecule has 296 valence electrons. The van der Waals surface area contributed by atoms with E-state index in [0.29, 0.717) is 11.5 Å². The zero-order valence-corrected chi connectivity index (χ0v) is 34.0. The molecule has 8 unspecified atom stereocenters. The molecule has 4 rings (SSSR count). The molecule has 0 radical (unpaired) electrons. The molecule has 0 bridgehead atoms. The van der Waals surface area contributed by atoms with Crippen molar-refractivity contribution < 1.29 is 57.0 Å². The first kappa shape index (κ1) is 43.5. The number of aliphatic hydroxyl groups excluding tert-OH is 1. The Morgan fingerprint density at radius 3 is 1.79 bits per heavy atom. The average Bonchev–Trinajstić information content (AvgIpc) is 3.15. The van der Waals surface area contributed by atoms with Crippen LogP contribution >= 0.6 is 34.8 Å². The van der Waals surface area contributed by atoms with Crippen molar-refractivity contribution in [2.45, 2.75) is 112 Å². The van der Waals surface area contributed by atoms with E-state index in [9.17, 15) is 9.90 Å². The minimum Gasteiger partial charge on any atom is -0.497 e. The van der Waals surface area contributed by atoms with E-state index >= 15 is 0 Å². The second kappa shape index (κ2) is 20.1. The van der Waals surface area contributed by atoms with Gasteiger partial charge in [0.05, 0.1) is 46.8 Å². The molecule has 0 aromatic heterocycles. The molecule has 2 heterocycles. The average molecular weight is 823 g/mol. The van der Waals surface area contributed by atoms with Gasteiger partial charge in [-0.3, -0.25) is 10.2 Å². The van der Waals surface area contributed by atoms with E-state index < -0.39 is 73.2 Å². The molecule has 2 aromatic rings. The van der Waals surface area contributed by atoms with Gasteiger partial charge >= 0.3 is 5.97 Å². The highest BCUT2D eigenvalue weighted by molar-refractivity contribution is 6.76. The molecular formula is C36H50Cl3NO12Si. The van der Waals surface area contributed by atoms with Gasteiger partial charge < -0.3 is 52.2 Å². The van der Waals surface area contributed by atoms with Crippen molar-refractivity contribution in [3.8, 4) is 11.5 Å². The number of methoxy groups -OCH3 is 2. The van der Waals surface area contributed by atoms with Gasteiger partial charge in [-0.15, -0.1) is 0 Å². The summed E-state index contributed by atoms with van der Waals surface area (Å²) in [6.45, 7) is 7.66. The number of benzene rings is 2. The number of aliphatic hydroxyl groups is 1. The molecule has 0 saturated carbocycles. The summed E-state index contributed by atoms with van der Waals surface area (Å²) in [5.74, 6) is -0.0384. The molecule has 2 saturated heterocycles. The molecular weight excluding hydrogens is 773 g/mol. The monoisotopic (exact) mass is 821 g/mol. The van der Waals surface area contributed by atoms with E-state index in [1.165, 1.54) is 6.92 Å². The van der Waals surface area contributed by atoms with Crippen LogP contribution in [0.15, 0.2) is 48.5 Å². The summed E-state index contributed by atoms with van der Waals surface area (Å²) in [5.41, 5.74) is 1.71. The smallest absolute Gasteiger partial charge is 0.303 e. The zero-order valence-electron chi connectivity index (χ0n) is 30.8. The van der Waals surface area contributed by atoms with Crippen LogP contribution in [0.1, 0.15) is 38.8 Å². The third-order valence-electron chi connectivity index (χ3n) is 9.43. The van der Waals surface area contributed by atoms with Crippen molar-refractivity contribution in [2.24, 2.45) is 0 Å². The Morgan fingerprint density at radius 1 is 0.792 bits per heavy atom. The lowest BCUT2D eigenvalue weighted by Gasteiger charge is -2.47. The highest BCUT2D eigenvalue weighted by Crippen LogP contribution is 2.36. The number of esters is 1. The maximum atomic E-state index is 12.5. The van der Waals surface area contributed by atoms with Crippen LogP contribution in [-0.2, 0) is 55.6 Å². The third kappa shape index (κ3) is 11.9. The van der Waals surface area contributed by atoms with E-state index in [4.69, 9.17) is 87.3 Å². The Kier molecular flexibility index (Phi) is 16.5. The molecule has 2 N–H and O–H groups in total. The highest BCUT2D eigenvalue weighted by atomic mass is 35.6. The Bertz CT molecular complexity index is 1440. The summed E-state index contributed by atoms with van der Waals surface area (Å²) in [6.07, 6.45) is -8.99. The van der Waals surface area contributed by atoms with Gasteiger partial charge in [0, 0.05) is 6.92 Å². The summed E-state index contributed by atoms with van der Waals surface area (Å²) in [4.78, 5) is 12.5. The fraction of sp³-hybridized carbons (Fsp3) is 0.611. The molecule has 13 nitrogen and oxygen atoms in total. The van der Waals surface area contributed by atoms with Crippen LogP contribution in [0.3, 0.4) is 0 Å². The van der Waals surface area contributed by atoms with E-state index in [0.717, 1.165) is 29.3 Å². The summed E-state index contributed by atoms with van der Waals surface area (Å²) >= 11 is 17.7. The van der Waals surface area contributed by atoms with Gasteiger partial charge in [0.1, 0.15) is 35.9 Å². The molecule has 53 heavy (non-hydrogen) atoms. The second-order valence-electron chi connectivity index (χ2n) is 12.7. The predicted molar refractivity (Wildman–Crippen MR) is 200 cm³/mol. The highest BCUT2D eigenvalue weighted by Gasteiger charge is 2.52. The minimum absolute atomic E-state index is 0.0203. The minimum atomic E-state index is -2.33. The lowest BCUT2D eigenvalue weighted by atomic mass is 10.0. The molecule has 2 aliphatic rings. The number of nitrogens with one attached hydrogen (secondary N) is 1. The van der Waals surface area contributed by atoms with Crippen molar-refractivity contribution in [3.05, 3.63) is 59.7 Å². The number of halogens is 3. The van der Waals surface area contributed by atoms with Crippen LogP contribution in [0.2, 0.25) is 18.1 Å². The second-order valence-corrected chi connectivity index (χ2v) is 19.7. The quantitative estimate of drug-likeness (QED) is 0.0604. The number of carbonyl (C=O) groups is 1. The van der Waals surface area contributed by atoms with Crippen molar-refractivity contribution >= 4 is 55.0 Å². The number of hydrogen-bond acceptors (Lipinski definition) is 13. The number of rotatable bonds is 17. The van der Waals surface area contributed by atoms with E-state index in [2.05, 4.69) is 20.8 Å². The van der Waals surface area contributed by atoms with Crippen molar-refractivity contribution in [2.75, 3.05) is 27.4 Å². The van der Waals surface area contributed by atoms with Gasteiger partial charge in [0.2, 0.25) is 12.2 Å². The van der Waals surface area contributed by atoms with Gasteiger partial charge in [-0.2, -0.15) is 0 Å². The SMILES string of the molecule is CC[Si](CC)(CC)OC1COC(OC(=N)C(Cl)(Cl)Cl)C(OC(C)=O)C1OC1OCC(OCc2ccc(OC)cc2)C(OCc2ccc(OC)cc2)C1O. The largest absolute Gasteiger partial charge is 0.497 e. The van der Waals surface area contributed by atoms with Gasteiger partial charge in [-0.05, 0) is 53.5 Å². The Hall–Kier alpha value is -2.21. The van der Waals surface area contributed by atoms with Crippen molar-refractivity contribution in [1.82, 2.24) is 0 Å². The standard InChI is InChI=1S/C36H50Cl3NO12Si/c1-7-53(8-2,9-3)52-28-21-48-34(51-35(40)36(37,38)39)32(49-22(4)41)31(28)50-33-29(42)30(46-19-24-12-16-26(44-6)17-13-24)27(20-47-33)45-18-23-10-14-25(43-5)15-11-23/h10-17,27-34,40,42H,7-9,18-21H2,1-6H3. The normalized spacial score (nSPS) is 26.5. The maximum absolute atomic E-state index is 12.5. The number of hydrogen-bond donors (Lipinski definition) is 2. The lowest BCUT2D eigenvalue weighted by Crippen LogP contribution is -2.63. The predicted octanol–water partition coefficient (Wildman–Crippen LogP) is 6.32. The van der Waals surface area contributed by atoms with E-state index in [-0.39, 0.29) is 26.4 Å². The Morgan fingerprint density at radius 2 is 1.30 bits per heavy atom. The molecule has 17 heteroatoms. The van der Waals surface area contributed by atoms with Gasteiger partial charge in [0.15, 0.2) is 20.7 Å². The van der Waals surface area contributed by atoms with Crippen LogP contribution in [0, 0.1) is 5.41 Å². The molecule has 0 spiro atoms. The summed E-state index contributed by atoms with van der Waals surface area (Å²) in [5, 5.41) is 20.1. The van der Waals surface area contributed by atoms with Crippen molar-refractivity contribution in [1.29, 1.82) is 5.41 Å². The molecule has 0 amide bonds. The fourth-order valence-electron chi connectivity index (χ4n) is 6.15. The van der Waals surface area contributed by atoms with Crippen LogP contribution in [0.5, 0.6) is 11.5 Å². The number of alkyl halides is 3. The van der Waals surface area contributed by atoms with Gasteiger partial charge in [-0.1, -0.05) is 79.8 Å². The van der Waals surface area contributed by atoms with Crippen LogP contribution < -0.4 is 9.47 Å².